The van der Waals surface area contributed by atoms with Gasteiger partial charge in [-0.1, -0.05) is 208 Å². The van der Waals surface area contributed by atoms with Crippen LogP contribution in [-0.2, 0) is 23.7 Å². The van der Waals surface area contributed by atoms with Gasteiger partial charge in [-0.2, -0.15) is 0 Å². The SMILES string of the molecule is CC/C=C\C/C=C\C/C=C\C/C=C\C/C=C\C/C=C\C/C=C\CCCCOCC(COC1OC(CO)C(O)C(O)C1O)OC(=O)CCCCCCCCCCCCCCCCCCCC. The van der Waals surface area contributed by atoms with Crippen LogP contribution in [0.4, 0.5) is 0 Å². The lowest BCUT2D eigenvalue weighted by atomic mass is 9.99. The molecule has 4 N–H and O–H groups in total. The van der Waals surface area contributed by atoms with E-state index in [1.165, 1.54) is 96.3 Å². The summed E-state index contributed by atoms with van der Waals surface area (Å²) < 4.78 is 22.8. The zero-order valence-electron chi connectivity index (χ0n) is 41.2. The lowest BCUT2D eigenvalue weighted by Gasteiger charge is -2.39. The fraction of sp³-hybridized carbons (Fsp3) is 0.732. The minimum Gasteiger partial charge on any atom is -0.457 e. The Bertz CT molecular complexity index is 1270. The Kier molecular flexibility index (Phi) is 43.2. The van der Waals surface area contributed by atoms with Crippen LogP contribution in [-0.4, -0.2) is 89.6 Å². The fourth-order valence-electron chi connectivity index (χ4n) is 7.53. The summed E-state index contributed by atoms with van der Waals surface area (Å²) in [5.74, 6) is -0.329. The molecule has 1 saturated heterocycles. The lowest BCUT2D eigenvalue weighted by Crippen LogP contribution is -2.59. The third-order valence-electron chi connectivity index (χ3n) is 11.6. The summed E-state index contributed by atoms with van der Waals surface area (Å²) in [4.78, 5) is 12.8. The van der Waals surface area contributed by atoms with Gasteiger partial charge in [0.25, 0.3) is 0 Å². The quantitative estimate of drug-likeness (QED) is 0.0268. The molecule has 0 amide bonds. The number of esters is 1. The molecule has 1 rings (SSSR count). The molecular formula is C56H96O9. The van der Waals surface area contributed by atoms with Gasteiger partial charge in [0.1, 0.15) is 30.5 Å². The van der Waals surface area contributed by atoms with E-state index in [0.717, 1.165) is 83.5 Å². The number of unbranched alkanes of at least 4 members (excludes halogenated alkanes) is 19. The first-order valence-corrected chi connectivity index (χ1v) is 26.2. The predicted molar refractivity (Wildman–Crippen MR) is 270 cm³/mol. The van der Waals surface area contributed by atoms with Crippen molar-refractivity contribution in [1.29, 1.82) is 0 Å². The second kappa shape index (κ2) is 46.5. The molecule has 0 saturated carbocycles. The normalized spacial score (nSPS) is 20.1. The number of hydrogen-bond acceptors (Lipinski definition) is 9. The summed E-state index contributed by atoms with van der Waals surface area (Å²) in [5, 5.41) is 40.3. The van der Waals surface area contributed by atoms with Crippen LogP contribution in [0, 0.1) is 0 Å². The molecule has 1 aliphatic heterocycles. The summed E-state index contributed by atoms with van der Waals surface area (Å²) in [6.07, 6.45) is 56.2. The first-order chi connectivity index (χ1) is 31.9. The van der Waals surface area contributed by atoms with Gasteiger partial charge in [0.05, 0.1) is 19.8 Å². The van der Waals surface area contributed by atoms with Crippen molar-refractivity contribution < 1.29 is 44.2 Å². The molecule has 0 radical (unpaired) electrons. The van der Waals surface area contributed by atoms with Crippen LogP contribution in [0.1, 0.15) is 200 Å². The van der Waals surface area contributed by atoms with Crippen molar-refractivity contribution in [2.75, 3.05) is 26.4 Å². The number of carbonyl (C=O) groups is 1. The number of aliphatic hydroxyl groups is 4. The maximum absolute atomic E-state index is 12.8. The van der Waals surface area contributed by atoms with Crippen molar-refractivity contribution in [3.63, 3.8) is 0 Å². The molecule has 0 aliphatic carbocycles. The topological polar surface area (TPSA) is 135 Å². The molecule has 0 aromatic heterocycles. The van der Waals surface area contributed by atoms with Crippen molar-refractivity contribution in [1.82, 2.24) is 0 Å². The maximum Gasteiger partial charge on any atom is 0.306 e. The molecule has 1 fully saturated rings. The van der Waals surface area contributed by atoms with Crippen molar-refractivity contribution >= 4 is 5.97 Å². The second-order valence-corrected chi connectivity index (χ2v) is 17.6. The minimum atomic E-state index is -1.55. The van der Waals surface area contributed by atoms with Crippen molar-refractivity contribution in [3.8, 4) is 0 Å². The number of aliphatic hydroxyl groups excluding tert-OH is 4. The van der Waals surface area contributed by atoms with Crippen LogP contribution in [0.15, 0.2) is 85.1 Å². The van der Waals surface area contributed by atoms with E-state index in [1.807, 2.05) is 0 Å². The largest absolute Gasteiger partial charge is 0.457 e. The van der Waals surface area contributed by atoms with Crippen LogP contribution in [0.5, 0.6) is 0 Å². The van der Waals surface area contributed by atoms with Crippen molar-refractivity contribution in [2.45, 2.75) is 237 Å². The lowest BCUT2D eigenvalue weighted by molar-refractivity contribution is -0.305. The molecule has 1 heterocycles. The molecule has 374 valence electrons. The van der Waals surface area contributed by atoms with E-state index in [1.54, 1.807) is 0 Å². The number of ether oxygens (including phenoxy) is 4. The summed E-state index contributed by atoms with van der Waals surface area (Å²) in [5.41, 5.74) is 0. The zero-order chi connectivity index (χ0) is 47.1. The molecule has 65 heavy (non-hydrogen) atoms. The molecule has 6 atom stereocenters. The minimum absolute atomic E-state index is 0.112. The van der Waals surface area contributed by atoms with E-state index in [-0.39, 0.29) is 19.2 Å². The zero-order valence-corrected chi connectivity index (χ0v) is 41.2. The smallest absolute Gasteiger partial charge is 0.306 e. The summed E-state index contributed by atoms with van der Waals surface area (Å²) in [6.45, 7) is 4.35. The van der Waals surface area contributed by atoms with Gasteiger partial charge in [-0.25, -0.2) is 0 Å². The Morgan fingerprint density at radius 2 is 0.938 bits per heavy atom. The summed E-state index contributed by atoms with van der Waals surface area (Å²) >= 11 is 0. The standard InChI is InChI=1S/C56H96O9/c1-3-5-7-9-11-13-15-17-19-21-23-24-25-26-27-28-30-32-34-36-38-40-42-44-46-62-48-50(49-63-56-55(61)54(60)53(59)51(47-57)65-56)64-52(58)45-43-41-39-37-35-33-31-29-22-20-18-16-14-12-10-8-6-4-2/h5,7,11,13,17,19,23-24,26-27,30,32,36,38,50-51,53-57,59-61H,3-4,6,8-10,12,14-16,18,20-22,25,28-29,31,33-35,37,39-49H2,1-2H3/b7-5-,13-11-,19-17-,24-23-,27-26-,32-30-,38-36-. The van der Waals surface area contributed by atoms with Crippen LogP contribution in [0.25, 0.3) is 0 Å². The predicted octanol–water partition coefficient (Wildman–Crippen LogP) is 13.0. The highest BCUT2D eigenvalue weighted by Crippen LogP contribution is 2.23. The van der Waals surface area contributed by atoms with Crippen LogP contribution < -0.4 is 0 Å². The van der Waals surface area contributed by atoms with E-state index >= 15 is 0 Å². The third kappa shape index (κ3) is 37.1. The number of carbonyl (C=O) groups excluding carboxylic acids is 1. The van der Waals surface area contributed by atoms with E-state index in [2.05, 4.69) is 98.9 Å². The monoisotopic (exact) mass is 913 g/mol. The molecule has 0 aromatic rings. The Morgan fingerprint density at radius 3 is 1.38 bits per heavy atom. The second-order valence-electron chi connectivity index (χ2n) is 17.6. The molecule has 9 heteroatoms. The third-order valence-corrected chi connectivity index (χ3v) is 11.6. The molecule has 9 nitrogen and oxygen atoms in total. The molecule has 0 bridgehead atoms. The first kappa shape index (κ1) is 60.4. The Labute approximate surface area is 397 Å². The maximum atomic E-state index is 12.8. The summed E-state index contributed by atoms with van der Waals surface area (Å²) in [6, 6.07) is 0. The molecule has 1 aliphatic rings. The Balaban J connectivity index is 2.25. The van der Waals surface area contributed by atoms with Crippen molar-refractivity contribution in [3.05, 3.63) is 85.1 Å². The average Bonchev–Trinajstić information content (AvgIpc) is 3.31. The summed E-state index contributed by atoms with van der Waals surface area (Å²) in [7, 11) is 0. The van der Waals surface area contributed by atoms with Gasteiger partial charge in [-0.05, 0) is 70.6 Å². The van der Waals surface area contributed by atoms with Gasteiger partial charge >= 0.3 is 5.97 Å². The van der Waals surface area contributed by atoms with E-state index in [4.69, 9.17) is 18.9 Å². The Morgan fingerprint density at radius 1 is 0.508 bits per heavy atom. The van der Waals surface area contributed by atoms with Crippen LogP contribution in [0.3, 0.4) is 0 Å². The van der Waals surface area contributed by atoms with E-state index in [0.29, 0.717) is 13.0 Å². The van der Waals surface area contributed by atoms with Gasteiger partial charge < -0.3 is 39.4 Å². The number of hydrogen-bond donors (Lipinski definition) is 4. The van der Waals surface area contributed by atoms with E-state index < -0.39 is 43.4 Å². The van der Waals surface area contributed by atoms with Gasteiger partial charge in [-0.3, -0.25) is 4.79 Å². The van der Waals surface area contributed by atoms with Crippen molar-refractivity contribution in [2.24, 2.45) is 0 Å². The Hall–Kier alpha value is -2.63. The van der Waals surface area contributed by atoms with Gasteiger partial charge in [0, 0.05) is 13.0 Å². The molecule has 6 unspecified atom stereocenters. The van der Waals surface area contributed by atoms with Crippen LogP contribution >= 0.6 is 0 Å². The first-order valence-electron chi connectivity index (χ1n) is 26.2. The fourth-order valence-corrected chi connectivity index (χ4v) is 7.53. The molecule has 0 aromatic carbocycles. The number of rotatable bonds is 44. The van der Waals surface area contributed by atoms with Gasteiger partial charge in [0.15, 0.2) is 6.29 Å². The number of allylic oxidation sites excluding steroid dienone is 14. The van der Waals surface area contributed by atoms with Gasteiger partial charge in [0.2, 0.25) is 0 Å². The van der Waals surface area contributed by atoms with Gasteiger partial charge in [-0.15, -0.1) is 0 Å². The highest BCUT2D eigenvalue weighted by atomic mass is 16.7. The van der Waals surface area contributed by atoms with E-state index in [9.17, 15) is 25.2 Å². The van der Waals surface area contributed by atoms with Crippen LogP contribution in [0.2, 0.25) is 0 Å². The molecule has 0 spiro atoms. The molecular weight excluding hydrogens is 817 g/mol. The average molecular weight is 913 g/mol. The highest BCUT2D eigenvalue weighted by Gasteiger charge is 2.44. The highest BCUT2D eigenvalue weighted by molar-refractivity contribution is 5.69.